The molecule has 0 spiro atoms. The van der Waals surface area contributed by atoms with Gasteiger partial charge in [0.05, 0.1) is 41.8 Å². The molecular formula is C23H17N3O7. The molecular weight excluding hydrogens is 430 g/mol. The predicted molar refractivity (Wildman–Crippen MR) is 119 cm³/mol. The number of nitro benzene ring substituents is 2. The second-order valence-corrected chi connectivity index (χ2v) is 6.58. The predicted octanol–water partition coefficient (Wildman–Crippen LogP) is 5.38. The van der Waals surface area contributed by atoms with E-state index in [2.05, 4.69) is 6.07 Å². The van der Waals surface area contributed by atoms with E-state index in [1.54, 1.807) is 49.6 Å². The molecule has 10 nitrogen and oxygen atoms in total. The van der Waals surface area contributed by atoms with E-state index < -0.39 is 21.2 Å². The number of nitrogens with zero attached hydrogens (tertiary/aromatic N) is 3. The first-order valence-electron chi connectivity index (χ1n) is 9.41. The number of nitriles is 1. The highest BCUT2D eigenvalue weighted by Crippen LogP contribution is 2.38. The van der Waals surface area contributed by atoms with Crippen molar-refractivity contribution in [2.45, 2.75) is 0 Å². The number of nitro groups is 2. The van der Waals surface area contributed by atoms with Gasteiger partial charge in [0.1, 0.15) is 5.75 Å². The van der Waals surface area contributed by atoms with Crippen LogP contribution in [0.1, 0.15) is 11.1 Å². The lowest BCUT2D eigenvalue weighted by atomic mass is 10.0. The van der Waals surface area contributed by atoms with Gasteiger partial charge in [0.25, 0.3) is 5.69 Å². The summed E-state index contributed by atoms with van der Waals surface area (Å²) in [5.41, 5.74) is 0.744. The van der Waals surface area contributed by atoms with Gasteiger partial charge in [-0.15, -0.1) is 0 Å². The summed E-state index contributed by atoms with van der Waals surface area (Å²) in [6.07, 6.45) is 1.66. The van der Waals surface area contributed by atoms with Crippen LogP contribution in [0.4, 0.5) is 11.4 Å². The van der Waals surface area contributed by atoms with Gasteiger partial charge >= 0.3 is 5.69 Å². The smallest absolute Gasteiger partial charge is 0.318 e. The molecule has 0 amide bonds. The zero-order chi connectivity index (χ0) is 24.0. The van der Waals surface area contributed by atoms with E-state index in [-0.39, 0.29) is 17.2 Å². The van der Waals surface area contributed by atoms with Crippen LogP contribution < -0.4 is 14.2 Å². The summed E-state index contributed by atoms with van der Waals surface area (Å²) in [6.45, 7) is 0. The largest absolute Gasteiger partial charge is 0.497 e. The Hall–Kier alpha value is -4.91. The molecule has 33 heavy (non-hydrogen) atoms. The van der Waals surface area contributed by atoms with Crippen LogP contribution >= 0.6 is 0 Å². The average Bonchev–Trinajstić information content (AvgIpc) is 2.83. The lowest BCUT2D eigenvalue weighted by molar-refractivity contribution is -0.394. The van der Waals surface area contributed by atoms with E-state index in [0.717, 1.165) is 18.2 Å². The lowest BCUT2D eigenvalue weighted by Gasteiger charge is -2.11. The summed E-state index contributed by atoms with van der Waals surface area (Å²) < 4.78 is 16.1. The van der Waals surface area contributed by atoms with Gasteiger partial charge in [-0.25, -0.2) is 0 Å². The van der Waals surface area contributed by atoms with Crippen molar-refractivity contribution in [3.63, 3.8) is 0 Å². The molecule has 0 fully saturated rings. The minimum Gasteiger partial charge on any atom is -0.497 e. The third kappa shape index (κ3) is 5.23. The number of non-ortho nitro benzene ring substituents is 1. The standard InChI is InChI=1S/C23H17N3O7/c1-31-19-7-4-16(5-8-19)17(14-24)11-15-3-9-22(23(12-15)32-2)33-21-10-6-18(25(27)28)13-20(21)26(29)30/h3-13H,1-2H3/b17-11+. The maximum absolute atomic E-state index is 11.4. The molecule has 0 aliphatic rings. The Labute approximate surface area is 188 Å². The Kier molecular flexibility index (Phi) is 6.85. The third-order valence-corrected chi connectivity index (χ3v) is 4.59. The normalized spacial score (nSPS) is 10.8. The average molecular weight is 447 g/mol. The van der Waals surface area contributed by atoms with Gasteiger partial charge in [0.2, 0.25) is 5.75 Å². The molecule has 0 atom stereocenters. The van der Waals surface area contributed by atoms with Gasteiger partial charge in [-0.2, -0.15) is 5.26 Å². The number of hydrogen-bond acceptors (Lipinski definition) is 8. The molecule has 0 aromatic heterocycles. The summed E-state index contributed by atoms with van der Waals surface area (Å²) >= 11 is 0. The first-order valence-corrected chi connectivity index (χ1v) is 9.41. The molecule has 0 unspecified atom stereocenters. The monoisotopic (exact) mass is 447 g/mol. The molecule has 0 radical (unpaired) electrons. The van der Waals surface area contributed by atoms with Crippen molar-refractivity contribution >= 4 is 23.0 Å². The van der Waals surface area contributed by atoms with E-state index in [4.69, 9.17) is 14.2 Å². The molecule has 3 aromatic carbocycles. The Morgan fingerprint density at radius 2 is 1.58 bits per heavy atom. The van der Waals surface area contributed by atoms with Gasteiger partial charge in [-0.05, 0) is 59.7 Å². The van der Waals surface area contributed by atoms with Gasteiger partial charge in [-0.1, -0.05) is 6.07 Å². The molecule has 3 rings (SSSR count). The molecule has 0 saturated heterocycles. The fraction of sp³-hybridized carbons (Fsp3) is 0.0870. The van der Waals surface area contributed by atoms with E-state index in [9.17, 15) is 25.5 Å². The molecule has 3 aromatic rings. The molecule has 0 aliphatic carbocycles. The van der Waals surface area contributed by atoms with E-state index in [0.29, 0.717) is 22.4 Å². The van der Waals surface area contributed by atoms with Gasteiger partial charge in [0, 0.05) is 6.07 Å². The van der Waals surface area contributed by atoms with Crippen molar-refractivity contribution in [1.29, 1.82) is 5.26 Å². The summed E-state index contributed by atoms with van der Waals surface area (Å²) in [7, 11) is 2.95. The molecule has 0 N–H and O–H groups in total. The molecule has 166 valence electrons. The molecule has 0 aliphatic heterocycles. The molecule has 0 bridgehead atoms. The van der Waals surface area contributed by atoms with E-state index >= 15 is 0 Å². The first-order chi connectivity index (χ1) is 15.9. The van der Waals surface area contributed by atoms with Crippen LogP contribution in [0.15, 0.2) is 60.7 Å². The highest BCUT2D eigenvalue weighted by atomic mass is 16.6. The number of hydrogen-bond donors (Lipinski definition) is 0. The van der Waals surface area contributed by atoms with Gasteiger partial charge in [0.15, 0.2) is 11.5 Å². The molecule has 0 saturated carbocycles. The summed E-state index contributed by atoms with van der Waals surface area (Å²) in [5.74, 6) is 0.903. The quantitative estimate of drug-likeness (QED) is 0.194. The fourth-order valence-electron chi connectivity index (χ4n) is 2.94. The van der Waals surface area contributed by atoms with Crippen molar-refractivity contribution in [3.05, 3.63) is 92.0 Å². The Morgan fingerprint density at radius 1 is 0.879 bits per heavy atom. The van der Waals surface area contributed by atoms with Crippen molar-refractivity contribution in [2.75, 3.05) is 14.2 Å². The van der Waals surface area contributed by atoms with Crippen LogP contribution in [-0.4, -0.2) is 24.1 Å². The second kappa shape index (κ2) is 9.93. The highest BCUT2D eigenvalue weighted by molar-refractivity contribution is 5.90. The number of rotatable bonds is 8. The van der Waals surface area contributed by atoms with E-state index in [1.807, 2.05) is 0 Å². The van der Waals surface area contributed by atoms with Crippen molar-refractivity contribution in [1.82, 2.24) is 0 Å². The van der Waals surface area contributed by atoms with Crippen molar-refractivity contribution in [2.24, 2.45) is 0 Å². The number of allylic oxidation sites excluding steroid dienone is 1. The molecule has 10 heteroatoms. The maximum Gasteiger partial charge on any atom is 0.318 e. The lowest BCUT2D eigenvalue weighted by Crippen LogP contribution is -1.97. The van der Waals surface area contributed by atoms with Crippen LogP contribution in [0.3, 0.4) is 0 Å². The number of methoxy groups -OCH3 is 2. The van der Waals surface area contributed by atoms with Crippen molar-refractivity contribution < 1.29 is 24.1 Å². The van der Waals surface area contributed by atoms with E-state index in [1.165, 1.54) is 13.2 Å². The summed E-state index contributed by atoms with van der Waals surface area (Å²) in [6, 6.07) is 17.0. The minimum absolute atomic E-state index is 0.162. The van der Waals surface area contributed by atoms with Crippen LogP contribution in [0.25, 0.3) is 11.6 Å². The Bertz CT molecular complexity index is 1280. The SMILES string of the molecule is COc1ccc(/C(C#N)=C/c2ccc(Oc3ccc([N+](=O)[O-])cc3[N+](=O)[O-])c(OC)c2)cc1. The topological polar surface area (TPSA) is 138 Å². The number of ether oxygens (including phenoxy) is 3. The maximum atomic E-state index is 11.4. The number of benzene rings is 3. The van der Waals surface area contributed by atoms with Crippen LogP contribution in [0.5, 0.6) is 23.0 Å². The second-order valence-electron chi connectivity index (χ2n) is 6.58. The summed E-state index contributed by atoms with van der Waals surface area (Å²) in [5, 5.41) is 31.8. The zero-order valence-electron chi connectivity index (χ0n) is 17.6. The van der Waals surface area contributed by atoms with Crippen LogP contribution in [-0.2, 0) is 0 Å². The first kappa shape index (κ1) is 22.8. The zero-order valence-corrected chi connectivity index (χ0v) is 17.6. The molecule has 0 heterocycles. The Morgan fingerprint density at radius 3 is 2.15 bits per heavy atom. The summed E-state index contributed by atoms with van der Waals surface area (Å²) in [4.78, 5) is 20.8. The van der Waals surface area contributed by atoms with Crippen molar-refractivity contribution in [3.8, 4) is 29.1 Å². The van der Waals surface area contributed by atoms with Gasteiger partial charge in [-0.3, -0.25) is 20.2 Å². The third-order valence-electron chi connectivity index (χ3n) is 4.59. The van der Waals surface area contributed by atoms with Crippen LogP contribution in [0, 0.1) is 31.6 Å². The highest BCUT2D eigenvalue weighted by Gasteiger charge is 2.22. The fourth-order valence-corrected chi connectivity index (χ4v) is 2.94. The van der Waals surface area contributed by atoms with Crippen LogP contribution in [0.2, 0.25) is 0 Å². The minimum atomic E-state index is -0.764. The van der Waals surface area contributed by atoms with Gasteiger partial charge < -0.3 is 14.2 Å². The Balaban J connectivity index is 1.94.